The monoisotopic (exact) mass is 390 g/mol. The first-order chi connectivity index (χ1) is 13.6. The van der Waals surface area contributed by atoms with Crippen LogP contribution in [-0.2, 0) is 0 Å². The maximum atomic E-state index is 12.5. The molecule has 4 aromatic rings. The van der Waals surface area contributed by atoms with E-state index in [1.165, 1.54) is 17.4 Å². The smallest absolute Gasteiger partial charge is 0.349 e. The molecule has 2 aromatic carbocycles. The van der Waals surface area contributed by atoms with Crippen molar-refractivity contribution < 1.29 is 14.0 Å². The van der Waals surface area contributed by atoms with Crippen LogP contribution in [0, 0.1) is 0 Å². The van der Waals surface area contributed by atoms with E-state index in [2.05, 4.69) is 10.6 Å². The zero-order valence-electron chi connectivity index (χ0n) is 14.5. The molecule has 0 saturated carbocycles. The lowest BCUT2D eigenvalue weighted by Crippen LogP contribution is -2.20. The summed E-state index contributed by atoms with van der Waals surface area (Å²) < 4.78 is 5.20. The van der Waals surface area contributed by atoms with E-state index in [4.69, 9.17) is 4.42 Å². The molecule has 0 aliphatic rings. The number of carbonyl (C=O) groups is 2. The summed E-state index contributed by atoms with van der Waals surface area (Å²) in [7, 11) is 0. The molecule has 7 heteroatoms. The minimum Gasteiger partial charge on any atom is -0.422 e. The van der Waals surface area contributed by atoms with Crippen molar-refractivity contribution in [2.75, 3.05) is 10.6 Å². The molecule has 28 heavy (non-hydrogen) atoms. The molecule has 0 bridgehead atoms. The number of hydrogen-bond acceptors (Lipinski definition) is 5. The lowest BCUT2D eigenvalue weighted by Gasteiger charge is -2.08. The van der Waals surface area contributed by atoms with Crippen LogP contribution in [0.4, 0.5) is 11.4 Å². The lowest BCUT2D eigenvalue weighted by molar-refractivity contribution is 0.101. The Balaban J connectivity index is 1.54. The first-order valence-electron chi connectivity index (χ1n) is 8.39. The molecule has 138 valence electrons. The highest BCUT2D eigenvalue weighted by atomic mass is 32.1. The van der Waals surface area contributed by atoms with E-state index in [0.717, 1.165) is 0 Å². The summed E-state index contributed by atoms with van der Waals surface area (Å²) in [6.07, 6.45) is 0. The molecule has 0 fully saturated rings. The van der Waals surface area contributed by atoms with Crippen LogP contribution < -0.4 is 16.3 Å². The third kappa shape index (κ3) is 3.70. The van der Waals surface area contributed by atoms with E-state index in [-0.39, 0.29) is 11.5 Å². The van der Waals surface area contributed by atoms with Crippen molar-refractivity contribution in [3.8, 4) is 0 Å². The van der Waals surface area contributed by atoms with Crippen LogP contribution >= 0.6 is 11.3 Å². The van der Waals surface area contributed by atoms with Gasteiger partial charge < -0.3 is 15.1 Å². The normalized spacial score (nSPS) is 10.6. The summed E-state index contributed by atoms with van der Waals surface area (Å²) in [4.78, 5) is 37.4. The van der Waals surface area contributed by atoms with E-state index >= 15 is 0 Å². The quantitative estimate of drug-likeness (QED) is 0.507. The Hall–Kier alpha value is -3.71. The number of nitrogens with one attached hydrogen (secondary N) is 2. The maximum absolute atomic E-state index is 12.5. The number of benzene rings is 2. The highest BCUT2D eigenvalue weighted by Crippen LogP contribution is 2.19. The predicted molar refractivity (Wildman–Crippen MR) is 109 cm³/mol. The van der Waals surface area contributed by atoms with Crippen molar-refractivity contribution >= 4 is 45.5 Å². The molecular weight excluding hydrogens is 376 g/mol. The maximum Gasteiger partial charge on any atom is 0.349 e. The Morgan fingerprint density at radius 2 is 1.57 bits per heavy atom. The van der Waals surface area contributed by atoms with Crippen LogP contribution in [0.3, 0.4) is 0 Å². The molecule has 0 aliphatic heterocycles. The van der Waals surface area contributed by atoms with Gasteiger partial charge in [-0.15, -0.1) is 11.3 Å². The van der Waals surface area contributed by atoms with Gasteiger partial charge in [-0.25, -0.2) is 4.79 Å². The SMILES string of the molecule is O=C(Nc1cccc(NC(=O)c2cc3ccccc3oc2=O)c1)c1cccs1. The second-order valence-electron chi connectivity index (χ2n) is 5.95. The third-order valence-electron chi connectivity index (χ3n) is 4.01. The van der Waals surface area contributed by atoms with Crippen molar-refractivity contribution in [3.63, 3.8) is 0 Å². The van der Waals surface area contributed by atoms with Crippen molar-refractivity contribution in [1.82, 2.24) is 0 Å². The largest absolute Gasteiger partial charge is 0.422 e. The van der Waals surface area contributed by atoms with Crippen molar-refractivity contribution in [2.45, 2.75) is 0 Å². The highest BCUT2D eigenvalue weighted by Gasteiger charge is 2.14. The molecule has 2 aromatic heterocycles. The Bertz CT molecular complexity index is 1230. The van der Waals surface area contributed by atoms with Crippen LogP contribution in [0.2, 0.25) is 0 Å². The predicted octanol–water partition coefficient (Wildman–Crippen LogP) is 4.36. The number of anilines is 2. The minimum atomic E-state index is -0.710. The fourth-order valence-electron chi connectivity index (χ4n) is 2.69. The molecular formula is C21H14N2O4S. The van der Waals surface area contributed by atoms with Crippen LogP contribution in [0.15, 0.2) is 81.3 Å². The Kier molecular flexibility index (Phi) is 4.74. The summed E-state index contributed by atoms with van der Waals surface area (Å²) in [5.41, 5.74) is 0.593. The zero-order valence-corrected chi connectivity index (χ0v) is 15.3. The molecule has 2 heterocycles. The number of para-hydroxylation sites is 1. The first-order valence-corrected chi connectivity index (χ1v) is 9.27. The van der Waals surface area contributed by atoms with E-state index in [9.17, 15) is 14.4 Å². The van der Waals surface area contributed by atoms with Crippen molar-refractivity contribution in [2.24, 2.45) is 0 Å². The topological polar surface area (TPSA) is 88.4 Å². The van der Waals surface area contributed by atoms with Gasteiger partial charge in [0.05, 0.1) is 4.88 Å². The second-order valence-corrected chi connectivity index (χ2v) is 6.90. The fourth-order valence-corrected chi connectivity index (χ4v) is 3.31. The molecule has 2 N–H and O–H groups in total. The first kappa shape index (κ1) is 17.7. The number of rotatable bonds is 4. The lowest BCUT2D eigenvalue weighted by atomic mass is 10.1. The van der Waals surface area contributed by atoms with Gasteiger partial charge in [-0.1, -0.05) is 30.3 Å². The van der Waals surface area contributed by atoms with Crippen LogP contribution in [0.1, 0.15) is 20.0 Å². The molecule has 0 atom stereocenters. The van der Waals surface area contributed by atoms with Gasteiger partial charge in [0.2, 0.25) is 0 Å². The number of hydrogen-bond donors (Lipinski definition) is 2. The van der Waals surface area contributed by atoms with Crippen LogP contribution in [0.5, 0.6) is 0 Å². The molecule has 4 rings (SSSR count). The standard InChI is InChI=1S/C21H14N2O4S/c24-19(16-11-13-5-1-2-8-17(13)27-21(16)26)22-14-6-3-7-15(12-14)23-20(25)18-9-4-10-28-18/h1-12H,(H,22,24)(H,23,25). The second kappa shape index (κ2) is 7.50. The summed E-state index contributed by atoms with van der Waals surface area (Å²) in [6.45, 7) is 0. The number of amides is 2. The van der Waals surface area contributed by atoms with E-state index in [1.54, 1.807) is 60.7 Å². The minimum absolute atomic E-state index is 0.0910. The van der Waals surface area contributed by atoms with E-state index in [1.807, 2.05) is 5.38 Å². The average molecular weight is 390 g/mol. The van der Waals surface area contributed by atoms with E-state index < -0.39 is 11.5 Å². The summed E-state index contributed by atoms with van der Waals surface area (Å²) in [5.74, 6) is -0.810. The fraction of sp³-hybridized carbons (Fsp3) is 0. The highest BCUT2D eigenvalue weighted by molar-refractivity contribution is 7.12. The number of carbonyl (C=O) groups excluding carboxylic acids is 2. The van der Waals surface area contributed by atoms with Crippen LogP contribution in [-0.4, -0.2) is 11.8 Å². The van der Waals surface area contributed by atoms with Gasteiger partial charge in [0.15, 0.2) is 0 Å². The molecule has 0 radical (unpaired) electrons. The summed E-state index contributed by atoms with van der Waals surface area (Å²) in [5, 5.41) is 7.91. The molecule has 0 aliphatic carbocycles. The average Bonchev–Trinajstić information content (AvgIpc) is 3.22. The Labute approximate surface area is 163 Å². The van der Waals surface area contributed by atoms with Gasteiger partial charge in [-0.2, -0.15) is 0 Å². The molecule has 0 saturated heterocycles. The third-order valence-corrected chi connectivity index (χ3v) is 4.88. The van der Waals surface area contributed by atoms with Crippen molar-refractivity contribution in [3.05, 3.63) is 93.0 Å². The van der Waals surface area contributed by atoms with E-state index in [0.29, 0.717) is 27.2 Å². The molecule has 6 nitrogen and oxygen atoms in total. The van der Waals surface area contributed by atoms with Gasteiger partial charge in [-0.05, 0) is 41.8 Å². The number of thiophene rings is 1. The van der Waals surface area contributed by atoms with Gasteiger partial charge in [0.1, 0.15) is 11.1 Å². The summed E-state index contributed by atoms with van der Waals surface area (Å²) >= 11 is 1.34. The zero-order chi connectivity index (χ0) is 19.5. The Morgan fingerprint density at radius 1 is 0.821 bits per heavy atom. The molecule has 0 unspecified atom stereocenters. The van der Waals surface area contributed by atoms with Crippen LogP contribution in [0.25, 0.3) is 11.0 Å². The molecule has 2 amide bonds. The van der Waals surface area contributed by atoms with Gasteiger partial charge in [0.25, 0.3) is 11.8 Å². The van der Waals surface area contributed by atoms with Crippen molar-refractivity contribution in [1.29, 1.82) is 0 Å². The Morgan fingerprint density at radius 3 is 2.32 bits per heavy atom. The number of fused-ring (bicyclic) bond motifs is 1. The molecule has 0 spiro atoms. The van der Waals surface area contributed by atoms with Gasteiger partial charge in [-0.3, -0.25) is 9.59 Å². The summed E-state index contributed by atoms with van der Waals surface area (Å²) in [6, 6.07) is 18.7. The van der Waals surface area contributed by atoms with Gasteiger partial charge in [0, 0.05) is 16.8 Å². The van der Waals surface area contributed by atoms with Gasteiger partial charge >= 0.3 is 5.63 Å².